The average Bonchev–Trinajstić information content (AvgIpc) is 3.98. The second kappa shape index (κ2) is 26.4. The van der Waals surface area contributed by atoms with E-state index in [1.54, 1.807) is 12.4 Å². The maximum absolute atomic E-state index is 6.74. The first kappa shape index (κ1) is 46.6. The first-order chi connectivity index (χ1) is 25.0. The number of nitrogens with two attached hydrogens (primary N) is 1. The van der Waals surface area contributed by atoms with Crippen molar-refractivity contribution in [2.45, 2.75) is 39.8 Å². The van der Waals surface area contributed by atoms with Gasteiger partial charge in [-0.15, -0.1) is 12.4 Å². The van der Waals surface area contributed by atoms with Crippen molar-refractivity contribution in [1.29, 1.82) is 5.26 Å². The smallest absolute Gasteiger partial charge is 0.512 e. The first-order valence-corrected chi connectivity index (χ1v) is 16.5. The molecule has 8 rings (SSSR count). The molecule has 0 atom stereocenters. The molecule has 12 nitrogen and oxygen atoms in total. The molecule has 0 radical (unpaired) electrons. The van der Waals surface area contributed by atoms with Crippen molar-refractivity contribution < 1.29 is 51.4 Å². The van der Waals surface area contributed by atoms with Crippen LogP contribution in [0.2, 0.25) is 0 Å². The summed E-state index contributed by atoms with van der Waals surface area (Å²) in [5, 5.41) is 6.25. The molecule has 0 aliphatic carbocycles. The number of rotatable bonds is 5. The Labute approximate surface area is 360 Å². The molecule has 8 aromatic heterocycles. The van der Waals surface area contributed by atoms with Gasteiger partial charge in [0.1, 0.15) is 28.3 Å². The van der Waals surface area contributed by atoms with Crippen LogP contribution in [0.25, 0.3) is 27.4 Å². The summed E-state index contributed by atoms with van der Waals surface area (Å²) in [4.78, 5) is 22.2. The number of aromatic nitrogens is 8. The second-order valence-electron chi connectivity index (χ2n) is 11.2. The predicted molar refractivity (Wildman–Crippen MR) is 209 cm³/mol. The van der Waals surface area contributed by atoms with Crippen molar-refractivity contribution >= 4 is 35.0 Å². The molecule has 0 aliphatic rings. The van der Waals surface area contributed by atoms with E-state index in [1.807, 2.05) is 125 Å². The van der Waals surface area contributed by atoms with Crippen LogP contribution < -0.4 is 57.1 Å². The molecule has 0 unspecified atom stereocenters. The summed E-state index contributed by atoms with van der Waals surface area (Å²) in [6.07, 6.45) is 19.3. The third-order valence-electron chi connectivity index (χ3n) is 6.90. The van der Waals surface area contributed by atoms with Gasteiger partial charge in [-0.3, -0.25) is 4.40 Å². The molecule has 8 aromatic rings. The summed E-state index contributed by atoms with van der Waals surface area (Å²) in [6, 6.07) is 23.7. The summed E-state index contributed by atoms with van der Waals surface area (Å²) < 4.78 is 8.07. The van der Waals surface area contributed by atoms with Crippen molar-refractivity contribution in [3.8, 4) is 0 Å². The molecule has 2 N–H and O–H groups in total. The Morgan fingerprint density at radius 1 is 0.660 bits per heavy atom. The van der Waals surface area contributed by atoms with E-state index < -0.39 is 0 Å². The molecule has 8 heterocycles. The van der Waals surface area contributed by atoms with E-state index in [0.717, 1.165) is 41.2 Å². The molecule has 14 heteroatoms. The van der Waals surface area contributed by atoms with Crippen LogP contribution in [-0.2, 0) is 19.5 Å². The zero-order valence-corrected chi connectivity index (χ0v) is 35.0. The summed E-state index contributed by atoms with van der Waals surface area (Å²) >= 11 is 0. The fourth-order valence-electron chi connectivity index (χ4n) is 4.79. The number of pyridine rings is 4. The molecule has 53 heavy (non-hydrogen) atoms. The monoisotopic (exact) mass is 756 g/mol. The number of halogens is 1. The molecule has 0 spiro atoms. The second-order valence-corrected chi connectivity index (χ2v) is 11.2. The van der Waals surface area contributed by atoms with Gasteiger partial charge in [0.2, 0.25) is 0 Å². The molecule has 0 amide bonds. The number of imidazole rings is 4. The third-order valence-corrected chi connectivity index (χ3v) is 6.90. The normalized spacial score (nSPS) is 9.57. The molecule has 0 saturated carbocycles. The van der Waals surface area contributed by atoms with Gasteiger partial charge >= 0.3 is 51.4 Å². The van der Waals surface area contributed by atoms with Crippen LogP contribution in [0.5, 0.6) is 0 Å². The fraction of sp³-hybridized carbons (Fsp3) is 0.231. The summed E-state index contributed by atoms with van der Waals surface area (Å²) in [5.41, 5.74) is 12.7. The quantitative estimate of drug-likeness (QED) is 0.206. The average molecular weight is 757 g/mol. The molecule has 0 aliphatic heterocycles. The third kappa shape index (κ3) is 14.5. The minimum atomic E-state index is 0. The van der Waals surface area contributed by atoms with Gasteiger partial charge in [0.05, 0.1) is 18.1 Å². The molecular formula is C39H46ClKN12. The first-order valence-electron chi connectivity index (χ1n) is 16.5. The van der Waals surface area contributed by atoms with Gasteiger partial charge < -0.3 is 40.5 Å². The molecule has 0 saturated heterocycles. The van der Waals surface area contributed by atoms with Gasteiger partial charge in [0, 0.05) is 62.0 Å². The standard InChI is InChI=1S/C10H13N3.C9H7N3.C9H11N3.C7H6N2.C3H8.CN.ClH.K/c1-12(2)8-9-7-11-10-5-3-4-6-13(9)10;1-10-6-8-7-11-9-4-2-3-5-12(8)9;10-5-4-8-7-11-9-3-1-2-6-12(8)9;1-2-5-9-6-4-8-7(9)3-1;1-3-2;1-2;;/h3-7H,8H2,1-2H3;2-5,7H,6H2;1-3,6-7H,4-5,10H2;1-6H;3H2,1-2H3;;1H;/q;;;;;-1;;+1. The zero-order valence-electron chi connectivity index (χ0n) is 31.1. The Morgan fingerprint density at radius 3 is 1.57 bits per heavy atom. The van der Waals surface area contributed by atoms with Crippen LogP contribution in [0.1, 0.15) is 37.4 Å². The minimum absolute atomic E-state index is 0. The van der Waals surface area contributed by atoms with Gasteiger partial charge in [0.15, 0.2) is 0 Å². The van der Waals surface area contributed by atoms with E-state index in [1.165, 1.54) is 17.8 Å². The van der Waals surface area contributed by atoms with Gasteiger partial charge in [-0.1, -0.05) is 44.5 Å². The summed E-state index contributed by atoms with van der Waals surface area (Å²) in [7, 11) is 4.12. The Kier molecular flexibility index (Phi) is 23.2. The van der Waals surface area contributed by atoms with Crippen LogP contribution in [0.3, 0.4) is 0 Å². The maximum atomic E-state index is 6.74. The van der Waals surface area contributed by atoms with Crippen LogP contribution in [0.4, 0.5) is 0 Å². The van der Waals surface area contributed by atoms with Gasteiger partial charge in [-0.25, -0.2) is 26.5 Å². The van der Waals surface area contributed by atoms with Crippen LogP contribution in [0.15, 0.2) is 129 Å². The van der Waals surface area contributed by atoms with Crippen LogP contribution in [-0.4, -0.2) is 63.1 Å². The summed E-state index contributed by atoms with van der Waals surface area (Å²) in [6.45, 7) is 17.7. The van der Waals surface area contributed by atoms with E-state index in [-0.39, 0.29) is 63.8 Å². The molecular weight excluding hydrogens is 711 g/mol. The van der Waals surface area contributed by atoms with Crippen LogP contribution >= 0.6 is 12.4 Å². The van der Waals surface area contributed by atoms with Gasteiger partial charge in [0.25, 0.3) is 6.54 Å². The van der Waals surface area contributed by atoms with Gasteiger partial charge in [-0.2, -0.15) is 0 Å². The van der Waals surface area contributed by atoms with E-state index >= 15 is 0 Å². The van der Waals surface area contributed by atoms with Crippen molar-refractivity contribution in [2.24, 2.45) is 5.73 Å². The number of nitrogens with zero attached hydrogens (tertiary/aromatic N) is 11. The molecule has 0 bridgehead atoms. The van der Waals surface area contributed by atoms with Crippen molar-refractivity contribution in [2.75, 3.05) is 20.6 Å². The van der Waals surface area contributed by atoms with E-state index in [2.05, 4.69) is 66.4 Å². The topological polar surface area (TPSA) is 127 Å². The van der Waals surface area contributed by atoms with Crippen molar-refractivity contribution in [3.05, 3.63) is 164 Å². The Balaban J connectivity index is 0.000000337. The molecule has 270 valence electrons. The maximum Gasteiger partial charge on any atom is 1.00 e. The Morgan fingerprint density at radius 2 is 1.09 bits per heavy atom. The van der Waals surface area contributed by atoms with Crippen LogP contribution in [0, 0.1) is 18.4 Å². The summed E-state index contributed by atoms with van der Waals surface area (Å²) in [5.74, 6) is 0. The van der Waals surface area contributed by atoms with Crippen molar-refractivity contribution in [1.82, 2.24) is 42.4 Å². The predicted octanol–water partition coefficient (Wildman–Crippen LogP) is 4.26. The van der Waals surface area contributed by atoms with E-state index in [9.17, 15) is 0 Å². The van der Waals surface area contributed by atoms with E-state index in [4.69, 9.17) is 24.1 Å². The number of hydrogen-bond donors (Lipinski definition) is 1. The largest absolute Gasteiger partial charge is 1.00 e. The van der Waals surface area contributed by atoms with E-state index in [0.29, 0.717) is 13.1 Å². The fourth-order valence-corrected chi connectivity index (χ4v) is 4.79. The number of fused-ring (bicyclic) bond motifs is 4. The number of hydrogen-bond acceptors (Lipinski definition) is 7. The SMILES string of the molecule is CCC.CN(C)Cc1cnc2ccccn12.Cl.NCCc1cnc2ccccn12.[C-]#N.[C-]#[N+]Cc1cnc2ccccn12.[K+].c1ccn2ccnc2c1. The zero-order chi connectivity index (χ0) is 36.8. The molecule has 0 fully saturated rings. The minimum Gasteiger partial charge on any atom is -0.512 e. The Hall–Kier alpha value is -4.41. The molecule has 0 aromatic carbocycles. The van der Waals surface area contributed by atoms with Gasteiger partial charge in [-0.05, 0) is 69.2 Å². The van der Waals surface area contributed by atoms with Crippen molar-refractivity contribution in [3.63, 3.8) is 0 Å². The Bertz CT molecular complexity index is 2200.